The number of hydrogen-bond donors (Lipinski definition) is 1. The first kappa shape index (κ1) is 10.7. The Morgan fingerprint density at radius 1 is 1.06 bits per heavy atom. The molecule has 1 N–H and O–H groups in total. The van der Waals surface area contributed by atoms with Crippen molar-refractivity contribution in [1.29, 1.82) is 0 Å². The largest absolute Gasteiger partial charge is 0.393 e. The van der Waals surface area contributed by atoms with Crippen LogP contribution in [0.4, 0.5) is 0 Å². The van der Waals surface area contributed by atoms with Gasteiger partial charge in [0.25, 0.3) is 0 Å². The number of aromatic nitrogens is 2. The fourth-order valence-electron chi connectivity index (χ4n) is 2.52. The molecule has 0 unspecified atom stereocenters. The van der Waals surface area contributed by atoms with Crippen molar-refractivity contribution < 1.29 is 5.11 Å². The maximum Gasteiger partial charge on any atom is 0.132 e. The summed E-state index contributed by atoms with van der Waals surface area (Å²) in [5.74, 6) is 1.36. The van der Waals surface area contributed by atoms with E-state index in [0.29, 0.717) is 5.92 Å². The molecule has 88 valence electrons. The molecule has 17 heavy (non-hydrogen) atoms. The lowest BCUT2D eigenvalue weighted by Crippen LogP contribution is -2.18. The molecule has 3 rings (SSSR count). The average molecular weight is 228 g/mol. The number of aliphatic hydroxyl groups is 1. The summed E-state index contributed by atoms with van der Waals surface area (Å²) in [7, 11) is 0. The van der Waals surface area contributed by atoms with Gasteiger partial charge in [-0.2, -0.15) is 0 Å². The van der Waals surface area contributed by atoms with Crippen molar-refractivity contribution in [3.05, 3.63) is 36.3 Å². The first-order valence-corrected chi connectivity index (χ1v) is 6.22. The maximum absolute atomic E-state index is 9.50. The van der Waals surface area contributed by atoms with Crippen LogP contribution in [-0.4, -0.2) is 21.2 Å². The molecule has 0 amide bonds. The van der Waals surface area contributed by atoms with Crippen molar-refractivity contribution in [3.63, 3.8) is 0 Å². The SMILES string of the molecule is O[C@H]1CC[C@@H](c2ncc3ccccc3n2)CC1. The van der Waals surface area contributed by atoms with Gasteiger partial charge in [-0.1, -0.05) is 18.2 Å². The molecule has 1 aliphatic rings. The van der Waals surface area contributed by atoms with Crippen LogP contribution in [0, 0.1) is 0 Å². The van der Waals surface area contributed by atoms with Gasteiger partial charge < -0.3 is 5.11 Å². The molecule has 2 aromatic rings. The van der Waals surface area contributed by atoms with Crippen LogP contribution in [0.25, 0.3) is 10.9 Å². The van der Waals surface area contributed by atoms with Gasteiger partial charge in [-0.15, -0.1) is 0 Å². The minimum atomic E-state index is -0.119. The van der Waals surface area contributed by atoms with E-state index in [-0.39, 0.29) is 6.10 Å². The highest BCUT2D eigenvalue weighted by Crippen LogP contribution is 2.31. The molecule has 0 saturated heterocycles. The third-order valence-electron chi connectivity index (χ3n) is 3.57. The van der Waals surface area contributed by atoms with Crippen molar-refractivity contribution in [1.82, 2.24) is 9.97 Å². The van der Waals surface area contributed by atoms with Crippen LogP contribution < -0.4 is 0 Å². The van der Waals surface area contributed by atoms with E-state index >= 15 is 0 Å². The summed E-state index contributed by atoms with van der Waals surface area (Å²) in [6.45, 7) is 0. The van der Waals surface area contributed by atoms with Gasteiger partial charge >= 0.3 is 0 Å². The molecule has 0 radical (unpaired) electrons. The third-order valence-corrected chi connectivity index (χ3v) is 3.57. The van der Waals surface area contributed by atoms with E-state index < -0.39 is 0 Å². The van der Waals surface area contributed by atoms with Gasteiger partial charge in [-0.3, -0.25) is 0 Å². The number of nitrogens with zero attached hydrogens (tertiary/aromatic N) is 2. The molecule has 0 spiro atoms. The van der Waals surface area contributed by atoms with Crippen LogP contribution in [0.2, 0.25) is 0 Å². The Bertz CT molecular complexity index is 518. The van der Waals surface area contributed by atoms with E-state index in [1.807, 2.05) is 30.5 Å². The van der Waals surface area contributed by atoms with Crippen molar-refractivity contribution >= 4 is 10.9 Å². The summed E-state index contributed by atoms with van der Waals surface area (Å²) in [5, 5.41) is 10.6. The molecule has 1 heterocycles. The van der Waals surface area contributed by atoms with Gasteiger partial charge in [0.2, 0.25) is 0 Å². The van der Waals surface area contributed by atoms with Gasteiger partial charge in [0, 0.05) is 17.5 Å². The minimum absolute atomic E-state index is 0.119. The topological polar surface area (TPSA) is 46.0 Å². The number of rotatable bonds is 1. The maximum atomic E-state index is 9.50. The summed E-state index contributed by atoms with van der Waals surface area (Å²) < 4.78 is 0. The standard InChI is InChI=1S/C14H16N2O/c17-12-7-5-10(6-8-12)14-15-9-11-3-1-2-4-13(11)16-14/h1-4,9-10,12,17H,5-8H2/t10-,12+. The van der Waals surface area contributed by atoms with Gasteiger partial charge in [0.05, 0.1) is 11.6 Å². The van der Waals surface area contributed by atoms with E-state index in [4.69, 9.17) is 0 Å². The van der Waals surface area contributed by atoms with Crippen molar-refractivity contribution in [2.24, 2.45) is 0 Å². The number of benzene rings is 1. The molecule has 1 aliphatic carbocycles. The Hall–Kier alpha value is -1.48. The van der Waals surface area contributed by atoms with Crippen molar-refractivity contribution in [2.45, 2.75) is 37.7 Å². The summed E-state index contributed by atoms with van der Waals surface area (Å²) in [6.07, 6.45) is 5.54. The zero-order chi connectivity index (χ0) is 11.7. The second-order valence-electron chi connectivity index (χ2n) is 4.79. The minimum Gasteiger partial charge on any atom is -0.393 e. The van der Waals surface area contributed by atoms with Crippen LogP contribution in [0.5, 0.6) is 0 Å². The summed E-state index contributed by atoms with van der Waals surface area (Å²) >= 11 is 0. The number of fused-ring (bicyclic) bond motifs is 1. The highest BCUT2D eigenvalue weighted by Gasteiger charge is 2.22. The molecule has 1 fully saturated rings. The zero-order valence-electron chi connectivity index (χ0n) is 9.71. The van der Waals surface area contributed by atoms with E-state index in [1.165, 1.54) is 0 Å². The monoisotopic (exact) mass is 228 g/mol. The molecule has 0 bridgehead atoms. The Balaban J connectivity index is 1.90. The van der Waals surface area contributed by atoms with Crippen LogP contribution in [-0.2, 0) is 0 Å². The summed E-state index contributed by atoms with van der Waals surface area (Å²) in [6, 6.07) is 8.06. The van der Waals surface area contributed by atoms with Gasteiger partial charge in [-0.25, -0.2) is 9.97 Å². The molecule has 3 nitrogen and oxygen atoms in total. The first-order valence-electron chi connectivity index (χ1n) is 6.22. The van der Waals surface area contributed by atoms with Crippen molar-refractivity contribution in [3.8, 4) is 0 Å². The van der Waals surface area contributed by atoms with Crippen LogP contribution in [0.1, 0.15) is 37.4 Å². The lowest BCUT2D eigenvalue weighted by Gasteiger charge is -2.24. The van der Waals surface area contributed by atoms with E-state index in [2.05, 4.69) is 9.97 Å². The molecule has 0 atom stereocenters. The molecular weight excluding hydrogens is 212 g/mol. The van der Waals surface area contributed by atoms with Crippen molar-refractivity contribution in [2.75, 3.05) is 0 Å². The quantitative estimate of drug-likeness (QED) is 0.816. The van der Waals surface area contributed by atoms with E-state index in [1.54, 1.807) is 0 Å². The molecule has 1 aromatic heterocycles. The fraction of sp³-hybridized carbons (Fsp3) is 0.429. The molecular formula is C14H16N2O. The van der Waals surface area contributed by atoms with E-state index in [0.717, 1.165) is 42.4 Å². The van der Waals surface area contributed by atoms with E-state index in [9.17, 15) is 5.11 Å². The Morgan fingerprint density at radius 2 is 1.82 bits per heavy atom. The molecule has 1 aromatic carbocycles. The molecule has 0 aliphatic heterocycles. The summed E-state index contributed by atoms with van der Waals surface area (Å²) in [4.78, 5) is 9.09. The normalized spacial score (nSPS) is 25.0. The lowest BCUT2D eigenvalue weighted by molar-refractivity contribution is 0.121. The van der Waals surface area contributed by atoms with Gasteiger partial charge in [0.1, 0.15) is 5.82 Å². The highest BCUT2D eigenvalue weighted by atomic mass is 16.3. The number of aliphatic hydroxyl groups excluding tert-OH is 1. The number of hydrogen-bond acceptors (Lipinski definition) is 3. The predicted octanol–water partition coefficient (Wildman–Crippen LogP) is 2.65. The Morgan fingerprint density at radius 3 is 2.65 bits per heavy atom. The van der Waals surface area contributed by atoms with Gasteiger partial charge in [0.15, 0.2) is 0 Å². The summed E-state index contributed by atoms with van der Waals surface area (Å²) in [5.41, 5.74) is 1.02. The number of para-hydroxylation sites is 1. The van der Waals surface area contributed by atoms with Crippen LogP contribution in [0.15, 0.2) is 30.5 Å². The first-order chi connectivity index (χ1) is 8.33. The second-order valence-corrected chi connectivity index (χ2v) is 4.79. The highest BCUT2D eigenvalue weighted by molar-refractivity contribution is 5.77. The predicted molar refractivity (Wildman–Crippen MR) is 66.8 cm³/mol. The third kappa shape index (κ3) is 2.15. The Labute approximate surface area is 101 Å². The fourth-order valence-corrected chi connectivity index (χ4v) is 2.52. The zero-order valence-corrected chi connectivity index (χ0v) is 9.71. The van der Waals surface area contributed by atoms with Crippen LogP contribution >= 0.6 is 0 Å². The Kier molecular flexibility index (Phi) is 2.77. The molecule has 3 heteroatoms. The van der Waals surface area contributed by atoms with Crippen LogP contribution in [0.3, 0.4) is 0 Å². The molecule has 1 saturated carbocycles. The average Bonchev–Trinajstić information content (AvgIpc) is 2.39. The second kappa shape index (κ2) is 4.41. The lowest BCUT2D eigenvalue weighted by atomic mass is 9.87. The van der Waals surface area contributed by atoms with Gasteiger partial charge in [-0.05, 0) is 31.7 Å². The smallest absolute Gasteiger partial charge is 0.132 e.